The maximum atomic E-state index is 11.7. The summed E-state index contributed by atoms with van der Waals surface area (Å²) < 4.78 is 5.11. The minimum Gasteiger partial charge on any atom is -0.444 e. The van der Waals surface area contributed by atoms with Crippen molar-refractivity contribution in [2.45, 2.75) is 53.2 Å². The van der Waals surface area contributed by atoms with Gasteiger partial charge in [0.25, 0.3) is 0 Å². The normalized spacial score (nSPS) is 14.1. The topological polar surface area (TPSA) is 81.4 Å². The average molecular weight is 244 g/mol. The van der Waals surface area contributed by atoms with Crippen molar-refractivity contribution >= 4 is 11.9 Å². The summed E-state index contributed by atoms with van der Waals surface area (Å²) in [6.45, 7) is 10.8. The van der Waals surface area contributed by atoms with E-state index >= 15 is 0 Å². The molecule has 0 saturated carbocycles. The highest BCUT2D eigenvalue weighted by molar-refractivity contribution is 5.89. The fourth-order valence-electron chi connectivity index (χ4n) is 1.32. The van der Waals surface area contributed by atoms with Crippen molar-refractivity contribution in [1.29, 1.82) is 0 Å². The molecule has 0 heterocycles. The Bertz CT molecular complexity index is 287. The molecule has 1 unspecified atom stereocenters. The Morgan fingerprint density at radius 2 is 1.65 bits per heavy atom. The molecule has 0 aliphatic carbocycles. The van der Waals surface area contributed by atoms with Crippen molar-refractivity contribution in [2.75, 3.05) is 6.54 Å². The van der Waals surface area contributed by atoms with Crippen molar-refractivity contribution in [1.82, 2.24) is 5.32 Å². The van der Waals surface area contributed by atoms with E-state index in [-0.39, 0.29) is 12.3 Å². The molecule has 0 spiro atoms. The molecule has 0 aromatic heterocycles. The standard InChI is InChI=1S/C12H24N2O3/c1-11(2,3)9(8(15)7-13)14-10(16)17-12(4,5)6/h9H,7,13H2,1-6H3,(H,14,16). The van der Waals surface area contributed by atoms with Gasteiger partial charge < -0.3 is 15.8 Å². The fourth-order valence-corrected chi connectivity index (χ4v) is 1.32. The van der Waals surface area contributed by atoms with Crippen LogP contribution in [0, 0.1) is 5.41 Å². The van der Waals surface area contributed by atoms with Gasteiger partial charge in [-0.15, -0.1) is 0 Å². The van der Waals surface area contributed by atoms with Crippen LogP contribution in [0.5, 0.6) is 0 Å². The number of carbonyl (C=O) groups is 2. The number of ketones is 1. The summed E-state index contributed by atoms with van der Waals surface area (Å²) in [6, 6.07) is -0.637. The van der Waals surface area contributed by atoms with Gasteiger partial charge in [-0.25, -0.2) is 4.79 Å². The van der Waals surface area contributed by atoms with Crippen molar-refractivity contribution in [3.05, 3.63) is 0 Å². The third-order valence-corrected chi connectivity index (χ3v) is 2.05. The quantitative estimate of drug-likeness (QED) is 0.787. The monoisotopic (exact) mass is 244 g/mol. The van der Waals surface area contributed by atoms with Gasteiger partial charge in [0.1, 0.15) is 5.60 Å². The molecule has 0 aliphatic rings. The molecule has 0 aromatic carbocycles. The van der Waals surface area contributed by atoms with Crippen LogP contribution in [0.2, 0.25) is 0 Å². The second-order valence-corrected chi connectivity index (χ2v) is 6.12. The number of carbonyl (C=O) groups excluding carboxylic acids is 2. The number of hydrogen-bond donors (Lipinski definition) is 2. The molecule has 0 saturated heterocycles. The van der Waals surface area contributed by atoms with Crippen LogP contribution in [0.1, 0.15) is 41.5 Å². The van der Waals surface area contributed by atoms with Crippen LogP contribution in [0.3, 0.4) is 0 Å². The third-order valence-electron chi connectivity index (χ3n) is 2.05. The lowest BCUT2D eigenvalue weighted by Gasteiger charge is -2.31. The number of nitrogens with one attached hydrogen (secondary N) is 1. The molecule has 17 heavy (non-hydrogen) atoms. The molecular formula is C12H24N2O3. The molecule has 0 fully saturated rings. The minimum absolute atomic E-state index is 0.0995. The summed E-state index contributed by atoms with van der Waals surface area (Å²) >= 11 is 0. The van der Waals surface area contributed by atoms with E-state index in [2.05, 4.69) is 5.32 Å². The van der Waals surface area contributed by atoms with Crippen molar-refractivity contribution in [3.8, 4) is 0 Å². The van der Waals surface area contributed by atoms with Crippen LogP contribution in [-0.2, 0) is 9.53 Å². The molecule has 100 valence electrons. The Labute approximate surface area is 103 Å². The molecule has 5 nitrogen and oxygen atoms in total. The largest absolute Gasteiger partial charge is 0.444 e. The first-order chi connectivity index (χ1) is 7.47. The van der Waals surface area contributed by atoms with E-state index in [9.17, 15) is 9.59 Å². The van der Waals surface area contributed by atoms with Crippen LogP contribution in [0.25, 0.3) is 0 Å². The zero-order valence-corrected chi connectivity index (χ0v) is 11.6. The predicted octanol–water partition coefficient (Wildman–Crippen LogP) is 1.45. The van der Waals surface area contributed by atoms with Gasteiger partial charge in [-0.2, -0.15) is 0 Å². The Kier molecular flexibility index (Phi) is 5.13. The van der Waals surface area contributed by atoms with Crippen LogP contribution in [-0.4, -0.2) is 30.1 Å². The summed E-state index contributed by atoms with van der Waals surface area (Å²) in [5, 5.41) is 2.57. The highest BCUT2D eigenvalue weighted by Gasteiger charge is 2.32. The summed E-state index contributed by atoms with van der Waals surface area (Å²) in [6.07, 6.45) is -0.598. The molecule has 0 rings (SSSR count). The van der Waals surface area contributed by atoms with E-state index in [0.717, 1.165) is 0 Å². The average Bonchev–Trinajstić information content (AvgIpc) is 2.08. The molecule has 0 aromatic rings. The zero-order chi connectivity index (χ0) is 13.9. The van der Waals surface area contributed by atoms with Crippen LogP contribution in [0.15, 0.2) is 0 Å². The molecule has 1 amide bonds. The van der Waals surface area contributed by atoms with E-state index in [0.29, 0.717) is 0 Å². The first kappa shape index (κ1) is 15.9. The van der Waals surface area contributed by atoms with E-state index in [4.69, 9.17) is 10.5 Å². The second kappa shape index (κ2) is 5.49. The van der Waals surface area contributed by atoms with Crippen LogP contribution < -0.4 is 11.1 Å². The van der Waals surface area contributed by atoms with E-state index in [1.807, 2.05) is 20.8 Å². The van der Waals surface area contributed by atoms with Crippen LogP contribution >= 0.6 is 0 Å². The molecule has 1 atom stereocenters. The second-order valence-electron chi connectivity index (χ2n) is 6.12. The van der Waals surface area contributed by atoms with E-state index < -0.39 is 23.2 Å². The summed E-state index contributed by atoms with van der Waals surface area (Å²) in [7, 11) is 0. The third kappa shape index (κ3) is 6.26. The maximum Gasteiger partial charge on any atom is 0.408 e. The Hall–Kier alpha value is -1.10. The van der Waals surface area contributed by atoms with Gasteiger partial charge >= 0.3 is 6.09 Å². The molecule has 5 heteroatoms. The van der Waals surface area contributed by atoms with Crippen molar-refractivity contribution in [2.24, 2.45) is 11.1 Å². The predicted molar refractivity (Wildman–Crippen MR) is 66.7 cm³/mol. The van der Waals surface area contributed by atoms with E-state index in [1.54, 1.807) is 20.8 Å². The summed E-state index contributed by atoms with van der Waals surface area (Å²) in [4.78, 5) is 23.3. The van der Waals surface area contributed by atoms with Gasteiger partial charge in [0.05, 0.1) is 12.6 Å². The maximum absolute atomic E-state index is 11.7. The molecule has 0 bridgehead atoms. The van der Waals surface area contributed by atoms with Gasteiger partial charge in [0.2, 0.25) is 0 Å². The lowest BCUT2D eigenvalue weighted by molar-refractivity contribution is -0.122. The number of hydrogen-bond acceptors (Lipinski definition) is 4. The lowest BCUT2D eigenvalue weighted by atomic mass is 9.84. The highest BCUT2D eigenvalue weighted by Crippen LogP contribution is 2.20. The van der Waals surface area contributed by atoms with Crippen molar-refractivity contribution in [3.63, 3.8) is 0 Å². The Morgan fingerprint density at radius 1 is 1.18 bits per heavy atom. The highest BCUT2D eigenvalue weighted by atomic mass is 16.6. The number of alkyl carbamates (subject to hydrolysis) is 1. The lowest BCUT2D eigenvalue weighted by Crippen LogP contribution is -2.52. The van der Waals surface area contributed by atoms with Crippen LogP contribution in [0.4, 0.5) is 4.79 Å². The molecule has 0 radical (unpaired) electrons. The van der Waals surface area contributed by atoms with E-state index in [1.165, 1.54) is 0 Å². The number of Topliss-reactive ketones (excluding diaryl/α,β-unsaturated/α-hetero) is 1. The number of nitrogens with two attached hydrogens (primary N) is 1. The van der Waals surface area contributed by atoms with Gasteiger partial charge in [0, 0.05) is 0 Å². The zero-order valence-electron chi connectivity index (χ0n) is 11.6. The summed E-state index contributed by atoms with van der Waals surface area (Å²) in [5.74, 6) is -0.205. The minimum atomic E-state index is -0.637. The molecule has 0 aliphatic heterocycles. The van der Waals surface area contributed by atoms with Crippen molar-refractivity contribution < 1.29 is 14.3 Å². The fraction of sp³-hybridized carbons (Fsp3) is 0.833. The Morgan fingerprint density at radius 3 is 1.94 bits per heavy atom. The van der Waals surface area contributed by atoms with Gasteiger partial charge in [0.15, 0.2) is 5.78 Å². The summed E-state index contributed by atoms with van der Waals surface area (Å²) in [5.41, 5.74) is 4.35. The first-order valence-corrected chi connectivity index (χ1v) is 5.69. The van der Waals surface area contributed by atoms with Gasteiger partial charge in [-0.3, -0.25) is 4.79 Å². The Balaban J connectivity index is 4.67. The smallest absolute Gasteiger partial charge is 0.408 e. The number of ether oxygens (including phenoxy) is 1. The van der Waals surface area contributed by atoms with Gasteiger partial charge in [-0.1, -0.05) is 20.8 Å². The number of amides is 1. The SMILES string of the molecule is CC(C)(C)OC(=O)NC(C(=O)CN)C(C)(C)C. The molecule has 3 N–H and O–H groups in total. The molecular weight excluding hydrogens is 220 g/mol. The van der Waals surface area contributed by atoms with Gasteiger partial charge in [-0.05, 0) is 26.2 Å². The first-order valence-electron chi connectivity index (χ1n) is 5.69. The number of rotatable bonds is 3.